The van der Waals surface area contributed by atoms with Gasteiger partial charge in [0.25, 0.3) is 0 Å². The van der Waals surface area contributed by atoms with Crippen LogP contribution in [0.25, 0.3) is 0 Å². The Morgan fingerprint density at radius 2 is 2.29 bits per heavy atom. The largest absolute Gasteiger partial charge is 0.490 e. The molecular formula is C13H13N3O5. The van der Waals surface area contributed by atoms with Crippen molar-refractivity contribution in [2.45, 2.75) is 6.92 Å². The fraction of sp³-hybridized carbons (Fsp3) is 0.231. The zero-order chi connectivity index (χ0) is 15.8. The fourth-order valence-electron chi connectivity index (χ4n) is 1.42. The third-order valence-electron chi connectivity index (χ3n) is 2.37. The molecule has 0 bridgehead atoms. The maximum atomic E-state index is 11.4. The van der Waals surface area contributed by atoms with Gasteiger partial charge in [0.2, 0.25) is 0 Å². The Balaban J connectivity index is 2.98. The van der Waals surface area contributed by atoms with E-state index < -0.39 is 10.9 Å². The van der Waals surface area contributed by atoms with Gasteiger partial charge in [-0.25, -0.2) is 4.79 Å². The number of nitrogens with one attached hydrogen (secondary N) is 1. The second-order valence-electron chi connectivity index (χ2n) is 3.68. The number of ether oxygens (including phenoxy) is 2. The summed E-state index contributed by atoms with van der Waals surface area (Å²) in [5.74, 6) is -0.657. The van der Waals surface area contributed by atoms with Gasteiger partial charge in [-0.05, 0) is 19.1 Å². The van der Waals surface area contributed by atoms with Crippen LogP contribution in [0.4, 0.5) is 11.4 Å². The maximum absolute atomic E-state index is 11.4. The highest BCUT2D eigenvalue weighted by atomic mass is 16.6. The van der Waals surface area contributed by atoms with Gasteiger partial charge in [0.05, 0.1) is 18.6 Å². The van der Waals surface area contributed by atoms with Crippen LogP contribution < -0.4 is 10.1 Å². The number of nitro groups is 1. The molecule has 0 fully saturated rings. The van der Waals surface area contributed by atoms with Crippen LogP contribution >= 0.6 is 0 Å². The average molecular weight is 291 g/mol. The maximum Gasteiger partial charge on any atom is 0.350 e. The summed E-state index contributed by atoms with van der Waals surface area (Å²) in [6.07, 6.45) is 1.13. The molecule has 1 N–H and O–H groups in total. The van der Waals surface area contributed by atoms with Crippen molar-refractivity contribution in [2.24, 2.45) is 0 Å². The van der Waals surface area contributed by atoms with E-state index >= 15 is 0 Å². The van der Waals surface area contributed by atoms with Gasteiger partial charge in [0.15, 0.2) is 11.3 Å². The highest BCUT2D eigenvalue weighted by Gasteiger charge is 2.15. The Labute approximate surface area is 120 Å². The highest BCUT2D eigenvalue weighted by molar-refractivity contribution is 5.93. The molecular weight excluding hydrogens is 278 g/mol. The van der Waals surface area contributed by atoms with Crippen LogP contribution in [-0.4, -0.2) is 24.6 Å². The standard InChI is InChI=1S/C13H13N3O5/c1-3-21-13(17)9(7-14)8-15-10-4-5-12(20-2)11(6-10)16(18)19/h4-6,8,15H,3H2,1-2H3/b9-8+. The Hall–Kier alpha value is -3.08. The van der Waals surface area contributed by atoms with Gasteiger partial charge in [-0.1, -0.05) is 0 Å². The zero-order valence-electron chi connectivity index (χ0n) is 11.5. The molecule has 8 nitrogen and oxygen atoms in total. The third kappa shape index (κ3) is 4.21. The van der Waals surface area contributed by atoms with Gasteiger partial charge >= 0.3 is 11.7 Å². The Kier molecular flexibility index (Phi) is 5.70. The van der Waals surface area contributed by atoms with Crippen molar-refractivity contribution in [3.63, 3.8) is 0 Å². The minimum Gasteiger partial charge on any atom is -0.490 e. The lowest BCUT2D eigenvalue weighted by Gasteiger charge is -2.05. The Bertz CT molecular complexity index is 619. The molecule has 0 aliphatic rings. The summed E-state index contributed by atoms with van der Waals surface area (Å²) in [4.78, 5) is 21.7. The number of methoxy groups -OCH3 is 1. The summed E-state index contributed by atoms with van der Waals surface area (Å²) >= 11 is 0. The number of carbonyl (C=O) groups excluding carboxylic acids is 1. The van der Waals surface area contributed by atoms with Crippen LogP contribution in [0.3, 0.4) is 0 Å². The van der Waals surface area contributed by atoms with E-state index in [2.05, 4.69) is 10.1 Å². The molecule has 110 valence electrons. The normalized spacial score (nSPS) is 10.4. The summed E-state index contributed by atoms with van der Waals surface area (Å²) in [6, 6.07) is 5.84. The van der Waals surface area contributed by atoms with Gasteiger partial charge in [0.1, 0.15) is 6.07 Å². The molecule has 0 saturated heterocycles. The van der Waals surface area contributed by atoms with Crippen molar-refractivity contribution in [3.05, 3.63) is 40.1 Å². The van der Waals surface area contributed by atoms with Gasteiger partial charge in [-0.15, -0.1) is 0 Å². The molecule has 1 aromatic carbocycles. The van der Waals surface area contributed by atoms with E-state index in [1.165, 1.54) is 25.3 Å². The number of nitriles is 1. The summed E-state index contributed by atoms with van der Waals surface area (Å²) in [7, 11) is 1.32. The van der Waals surface area contributed by atoms with Crippen molar-refractivity contribution in [3.8, 4) is 11.8 Å². The summed E-state index contributed by atoms with van der Waals surface area (Å²) in [6.45, 7) is 1.76. The van der Waals surface area contributed by atoms with Crippen molar-refractivity contribution in [2.75, 3.05) is 19.0 Å². The molecule has 0 atom stereocenters. The number of esters is 1. The SMILES string of the molecule is CCOC(=O)/C(C#N)=C/Nc1ccc(OC)c([N+](=O)[O-])c1. The number of anilines is 1. The second-order valence-corrected chi connectivity index (χ2v) is 3.68. The lowest BCUT2D eigenvalue weighted by molar-refractivity contribution is -0.385. The smallest absolute Gasteiger partial charge is 0.350 e. The number of carbonyl (C=O) groups is 1. The van der Waals surface area contributed by atoms with E-state index in [1.54, 1.807) is 13.0 Å². The van der Waals surface area contributed by atoms with Gasteiger partial charge in [-0.3, -0.25) is 10.1 Å². The number of hydrogen-bond acceptors (Lipinski definition) is 7. The molecule has 0 aliphatic carbocycles. The molecule has 0 spiro atoms. The monoisotopic (exact) mass is 291 g/mol. The van der Waals surface area contributed by atoms with Crippen LogP contribution in [-0.2, 0) is 9.53 Å². The first-order valence-corrected chi connectivity index (χ1v) is 5.89. The Morgan fingerprint density at radius 3 is 2.81 bits per heavy atom. The van der Waals surface area contributed by atoms with Crippen molar-refractivity contribution in [1.29, 1.82) is 5.26 Å². The molecule has 0 amide bonds. The van der Waals surface area contributed by atoms with Crippen LogP contribution in [0.5, 0.6) is 5.75 Å². The number of hydrogen-bond donors (Lipinski definition) is 1. The first-order valence-electron chi connectivity index (χ1n) is 5.89. The first-order chi connectivity index (χ1) is 10.0. The van der Waals surface area contributed by atoms with Crippen LogP contribution in [0.1, 0.15) is 6.92 Å². The van der Waals surface area contributed by atoms with Crippen LogP contribution in [0, 0.1) is 21.4 Å². The van der Waals surface area contributed by atoms with E-state index in [9.17, 15) is 14.9 Å². The topological polar surface area (TPSA) is 114 Å². The minimum absolute atomic E-state index is 0.112. The van der Waals surface area contributed by atoms with E-state index in [4.69, 9.17) is 10.00 Å². The summed E-state index contributed by atoms with van der Waals surface area (Å²) < 4.78 is 9.55. The van der Waals surface area contributed by atoms with Crippen molar-refractivity contribution in [1.82, 2.24) is 0 Å². The molecule has 0 radical (unpaired) electrons. The molecule has 21 heavy (non-hydrogen) atoms. The molecule has 0 aromatic heterocycles. The summed E-state index contributed by atoms with van der Waals surface area (Å²) in [5, 5.41) is 22.4. The predicted molar refractivity (Wildman–Crippen MR) is 73.6 cm³/mol. The molecule has 0 aliphatic heterocycles. The lowest BCUT2D eigenvalue weighted by atomic mass is 10.2. The lowest BCUT2D eigenvalue weighted by Crippen LogP contribution is -2.08. The van der Waals surface area contributed by atoms with Crippen LogP contribution in [0.15, 0.2) is 30.0 Å². The average Bonchev–Trinajstić information content (AvgIpc) is 2.47. The molecule has 1 rings (SSSR count). The molecule has 0 saturated carbocycles. The minimum atomic E-state index is -0.768. The van der Waals surface area contributed by atoms with Gasteiger partial charge < -0.3 is 14.8 Å². The predicted octanol–water partition coefficient (Wildman–Crippen LogP) is 1.99. The van der Waals surface area contributed by atoms with E-state index in [0.717, 1.165) is 6.20 Å². The van der Waals surface area contributed by atoms with E-state index in [1.807, 2.05) is 0 Å². The quantitative estimate of drug-likeness (QED) is 0.280. The highest BCUT2D eigenvalue weighted by Crippen LogP contribution is 2.29. The first kappa shape index (κ1) is 16.0. The third-order valence-corrected chi connectivity index (χ3v) is 2.37. The summed E-state index contributed by atoms with van der Waals surface area (Å²) in [5.41, 5.74) is -0.139. The number of nitro benzene ring substituents is 1. The molecule has 0 heterocycles. The van der Waals surface area contributed by atoms with Crippen LogP contribution in [0.2, 0.25) is 0 Å². The van der Waals surface area contributed by atoms with E-state index in [-0.39, 0.29) is 23.6 Å². The number of benzene rings is 1. The number of nitrogens with zero attached hydrogens (tertiary/aromatic N) is 2. The van der Waals surface area contributed by atoms with Gasteiger partial charge in [0, 0.05) is 18.0 Å². The zero-order valence-corrected chi connectivity index (χ0v) is 11.5. The molecule has 8 heteroatoms. The fourth-order valence-corrected chi connectivity index (χ4v) is 1.42. The molecule has 0 unspecified atom stereocenters. The Morgan fingerprint density at radius 1 is 1.57 bits per heavy atom. The van der Waals surface area contributed by atoms with Crippen molar-refractivity contribution < 1.29 is 19.2 Å². The molecule has 1 aromatic rings. The van der Waals surface area contributed by atoms with Crippen molar-refractivity contribution >= 4 is 17.3 Å². The van der Waals surface area contributed by atoms with Gasteiger partial charge in [-0.2, -0.15) is 5.26 Å². The number of rotatable bonds is 6. The second kappa shape index (κ2) is 7.49. The van der Waals surface area contributed by atoms with E-state index in [0.29, 0.717) is 5.69 Å².